The van der Waals surface area contributed by atoms with Crippen molar-refractivity contribution in [2.24, 2.45) is 5.92 Å². The summed E-state index contributed by atoms with van der Waals surface area (Å²) < 4.78 is 0. The van der Waals surface area contributed by atoms with E-state index in [1.165, 1.54) is 0 Å². The van der Waals surface area contributed by atoms with Crippen molar-refractivity contribution in [1.82, 2.24) is 4.90 Å². The molecule has 0 aliphatic carbocycles. The lowest BCUT2D eigenvalue weighted by molar-refractivity contribution is -0.136. The van der Waals surface area contributed by atoms with E-state index in [0.717, 1.165) is 5.56 Å². The van der Waals surface area contributed by atoms with Gasteiger partial charge in [-0.1, -0.05) is 37.3 Å². The molecular formula is C13H19NO2. The number of carbonyl (C=O) groups excluding carboxylic acids is 1. The maximum atomic E-state index is 11.9. The van der Waals surface area contributed by atoms with Gasteiger partial charge in [0.15, 0.2) is 0 Å². The van der Waals surface area contributed by atoms with Gasteiger partial charge in [0.25, 0.3) is 0 Å². The Morgan fingerprint density at radius 3 is 2.50 bits per heavy atom. The molecule has 1 N–H and O–H groups in total. The molecule has 0 aromatic heterocycles. The first-order chi connectivity index (χ1) is 7.69. The number of nitrogens with zero attached hydrogens (tertiary/aromatic N) is 1. The molecule has 3 heteroatoms. The zero-order valence-corrected chi connectivity index (χ0v) is 9.89. The first kappa shape index (κ1) is 12.7. The van der Waals surface area contributed by atoms with Crippen LogP contribution in [0.1, 0.15) is 18.9 Å². The minimum atomic E-state index is -0.270. The van der Waals surface area contributed by atoms with Gasteiger partial charge in [0.1, 0.15) is 0 Å². The first-order valence-corrected chi connectivity index (χ1v) is 5.58. The summed E-state index contributed by atoms with van der Waals surface area (Å²) in [7, 11) is 1.77. The second-order valence-electron chi connectivity index (χ2n) is 3.97. The number of rotatable bonds is 5. The zero-order valence-electron chi connectivity index (χ0n) is 9.89. The summed E-state index contributed by atoms with van der Waals surface area (Å²) in [5.41, 5.74) is 1.10. The molecule has 3 nitrogen and oxygen atoms in total. The zero-order chi connectivity index (χ0) is 12.0. The van der Waals surface area contributed by atoms with E-state index < -0.39 is 0 Å². The van der Waals surface area contributed by atoms with Gasteiger partial charge in [-0.25, -0.2) is 0 Å². The van der Waals surface area contributed by atoms with E-state index >= 15 is 0 Å². The van der Waals surface area contributed by atoms with E-state index in [4.69, 9.17) is 5.11 Å². The van der Waals surface area contributed by atoms with Crippen molar-refractivity contribution in [3.05, 3.63) is 35.9 Å². The molecule has 1 aromatic carbocycles. The highest BCUT2D eigenvalue weighted by molar-refractivity contribution is 5.78. The van der Waals surface area contributed by atoms with Gasteiger partial charge in [-0.3, -0.25) is 4.79 Å². The lowest BCUT2D eigenvalue weighted by Crippen LogP contribution is -2.33. The Morgan fingerprint density at radius 1 is 1.38 bits per heavy atom. The molecule has 0 aliphatic rings. The molecule has 0 fully saturated rings. The average Bonchev–Trinajstić information content (AvgIpc) is 2.31. The minimum Gasteiger partial charge on any atom is -0.396 e. The van der Waals surface area contributed by atoms with E-state index in [1.54, 1.807) is 11.9 Å². The molecule has 0 spiro atoms. The molecule has 0 bridgehead atoms. The Balaban J connectivity index is 2.58. The number of hydrogen-bond acceptors (Lipinski definition) is 2. The van der Waals surface area contributed by atoms with Crippen molar-refractivity contribution in [3.8, 4) is 0 Å². The lowest BCUT2D eigenvalue weighted by Gasteiger charge is -2.21. The maximum absolute atomic E-state index is 11.9. The summed E-state index contributed by atoms with van der Waals surface area (Å²) in [6.45, 7) is 2.43. The van der Waals surface area contributed by atoms with Crippen LogP contribution in [0.25, 0.3) is 0 Å². The Morgan fingerprint density at radius 2 is 2.00 bits per heavy atom. The molecule has 0 aliphatic heterocycles. The Hall–Kier alpha value is -1.35. The van der Waals surface area contributed by atoms with Crippen molar-refractivity contribution < 1.29 is 9.90 Å². The molecule has 0 saturated heterocycles. The third kappa shape index (κ3) is 3.35. The molecule has 1 atom stereocenters. The second-order valence-corrected chi connectivity index (χ2v) is 3.97. The highest BCUT2D eigenvalue weighted by Gasteiger charge is 2.19. The average molecular weight is 221 g/mol. The van der Waals surface area contributed by atoms with Crippen LogP contribution in [-0.2, 0) is 11.3 Å². The van der Waals surface area contributed by atoms with Crippen LogP contribution in [-0.4, -0.2) is 29.6 Å². The third-order valence-electron chi connectivity index (χ3n) is 2.70. The van der Waals surface area contributed by atoms with E-state index in [2.05, 4.69) is 0 Å². The molecule has 0 saturated carbocycles. The molecule has 1 unspecified atom stereocenters. The van der Waals surface area contributed by atoms with Crippen molar-refractivity contribution >= 4 is 5.91 Å². The monoisotopic (exact) mass is 221 g/mol. The Labute approximate surface area is 96.7 Å². The molecule has 0 heterocycles. The summed E-state index contributed by atoms with van der Waals surface area (Å²) in [5, 5.41) is 9.06. The summed E-state index contributed by atoms with van der Waals surface area (Å²) in [6, 6.07) is 9.84. The van der Waals surface area contributed by atoms with E-state index in [0.29, 0.717) is 13.0 Å². The van der Waals surface area contributed by atoms with Crippen LogP contribution in [0.5, 0.6) is 0 Å². The SMILES string of the molecule is CCC(CO)C(=O)N(C)Cc1ccccc1. The topological polar surface area (TPSA) is 40.5 Å². The molecule has 0 radical (unpaired) electrons. The highest BCUT2D eigenvalue weighted by atomic mass is 16.3. The predicted molar refractivity (Wildman–Crippen MR) is 63.8 cm³/mol. The number of aliphatic hydroxyl groups excluding tert-OH is 1. The fourth-order valence-electron chi connectivity index (χ4n) is 1.63. The van der Waals surface area contributed by atoms with Gasteiger partial charge < -0.3 is 10.0 Å². The standard InChI is InChI=1S/C13H19NO2/c1-3-12(10-15)13(16)14(2)9-11-7-5-4-6-8-11/h4-8,12,15H,3,9-10H2,1-2H3. The van der Waals surface area contributed by atoms with Crippen LogP contribution < -0.4 is 0 Å². The molecule has 1 aromatic rings. The molecule has 16 heavy (non-hydrogen) atoms. The largest absolute Gasteiger partial charge is 0.396 e. The van der Waals surface area contributed by atoms with E-state index in [1.807, 2.05) is 37.3 Å². The smallest absolute Gasteiger partial charge is 0.228 e. The quantitative estimate of drug-likeness (QED) is 0.821. The van der Waals surface area contributed by atoms with E-state index in [9.17, 15) is 4.79 Å². The number of benzene rings is 1. The van der Waals surface area contributed by atoms with Gasteiger partial charge in [-0.2, -0.15) is 0 Å². The highest BCUT2D eigenvalue weighted by Crippen LogP contribution is 2.09. The van der Waals surface area contributed by atoms with Crippen molar-refractivity contribution in [1.29, 1.82) is 0 Å². The fourth-order valence-corrected chi connectivity index (χ4v) is 1.63. The van der Waals surface area contributed by atoms with Crippen LogP contribution in [0.15, 0.2) is 30.3 Å². The third-order valence-corrected chi connectivity index (χ3v) is 2.70. The molecule has 88 valence electrons. The number of carbonyl (C=O) groups is 1. The molecule has 1 amide bonds. The van der Waals surface area contributed by atoms with Crippen LogP contribution in [0.2, 0.25) is 0 Å². The van der Waals surface area contributed by atoms with Gasteiger partial charge in [-0.15, -0.1) is 0 Å². The predicted octanol–water partition coefficient (Wildman–Crippen LogP) is 1.66. The second kappa shape index (κ2) is 6.28. The lowest BCUT2D eigenvalue weighted by atomic mass is 10.1. The number of aliphatic hydroxyl groups is 1. The summed E-state index contributed by atoms with van der Waals surface area (Å²) in [4.78, 5) is 13.5. The van der Waals surface area contributed by atoms with Gasteiger partial charge >= 0.3 is 0 Å². The van der Waals surface area contributed by atoms with Gasteiger partial charge in [0.2, 0.25) is 5.91 Å². The van der Waals surface area contributed by atoms with Gasteiger partial charge in [-0.05, 0) is 12.0 Å². The summed E-state index contributed by atoms with van der Waals surface area (Å²) >= 11 is 0. The Kier molecular flexibility index (Phi) is 4.99. The van der Waals surface area contributed by atoms with Crippen LogP contribution in [0.3, 0.4) is 0 Å². The normalized spacial score (nSPS) is 12.2. The van der Waals surface area contributed by atoms with Crippen LogP contribution in [0, 0.1) is 5.92 Å². The van der Waals surface area contributed by atoms with Crippen molar-refractivity contribution in [3.63, 3.8) is 0 Å². The van der Waals surface area contributed by atoms with E-state index in [-0.39, 0.29) is 18.4 Å². The fraction of sp³-hybridized carbons (Fsp3) is 0.462. The Bertz CT molecular complexity index is 320. The van der Waals surface area contributed by atoms with Gasteiger partial charge in [0, 0.05) is 13.6 Å². The summed E-state index contributed by atoms with van der Waals surface area (Å²) in [6.07, 6.45) is 0.675. The van der Waals surface area contributed by atoms with Crippen LogP contribution >= 0.6 is 0 Å². The van der Waals surface area contributed by atoms with Crippen molar-refractivity contribution in [2.75, 3.05) is 13.7 Å². The number of amides is 1. The maximum Gasteiger partial charge on any atom is 0.228 e. The minimum absolute atomic E-state index is 0.00820. The number of hydrogen-bond donors (Lipinski definition) is 1. The summed E-state index contributed by atoms with van der Waals surface area (Å²) in [5.74, 6) is -0.262. The molecule has 1 rings (SSSR count). The van der Waals surface area contributed by atoms with Crippen LogP contribution in [0.4, 0.5) is 0 Å². The van der Waals surface area contributed by atoms with Gasteiger partial charge in [0.05, 0.1) is 12.5 Å². The molecular weight excluding hydrogens is 202 g/mol. The van der Waals surface area contributed by atoms with Crippen molar-refractivity contribution in [2.45, 2.75) is 19.9 Å². The first-order valence-electron chi connectivity index (χ1n) is 5.58.